The summed E-state index contributed by atoms with van der Waals surface area (Å²) in [4.78, 5) is 30.8. The highest BCUT2D eigenvalue weighted by molar-refractivity contribution is 6.30. The first-order valence-electron chi connectivity index (χ1n) is 8.18. The molecule has 0 spiro atoms. The summed E-state index contributed by atoms with van der Waals surface area (Å²) >= 11 is 5.90. The topological polar surface area (TPSA) is 97.1 Å². The van der Waals surface area contributed by atoms with Crippen molar-refractivity contribution >= 4 is 34.4 Å². The lowest BCUT2D eigenvalue weighted by molar-refractivity contribution is 0.698. The SMILES string of the molecule is CCCn1c(N/N=C(\C)c2ccc(Cl)cc2)nc2c1c(=O)[nH]c(=O)n2C. The van der Waals surface area contributed by atoms with E-state index in [0.717, 1.165) is 17.7 Å². The zero-order valence-electron chi connectivity index (χ0n) is 14.7. The van der Waals surface area contributed by atoms with Crippen LogP contribution in [0.2, 0.25) is 5.02 Å². The Bertz CT molecular complexity index is 1090. The van der Waals surface area contributed by atoms with Crippen molar-refractivity contribution < 1.29 is 0 Å². The lowest BCUT2D eigenvalue weighted by atomic mass is 10.1. The van der Waals surface area contributed by atoms with Crippen molar-refractivity contribution in [1.29, 1.82) is 0 Å². The van der Waals surface area contributed by atoms with Crippen LogP contribution in [-0.4, -0.2) is 24.8 Å². The minimum atomic E-state index is -0.504. The third kappa shape index (κ3) is 3.28. The Balaban J connectivity index is 2.05. The molecule has 9 heteroatoms. The smallest absolute Gasteiger partial charge is 0.303 e. The van der Waals surface area contributed by atoms with Crippen molar-refractivity contribution in [1.82, 2.24) is 19.1 Å². The minimum absolute atomic E-state index is 0.314. The van der Waals surface area contributed by atoms with Crippen LogP contribution in [0.15, 0.2) is 39.0 Å². The van der Waals surface area contributed by atoms with Gasteiger partial charge in [0.2, 0.25) is 5.95 Å². The van der Waals surface area contributed by atoms with Crippen LogP contribution in [0.3, 0.4) is 0 Å². The predicted octanol–water partition coefficient (Wildman–Crippen LogP) is 2.32. The van der Waals surface area contributed by atoms with Gasteiger partial charge < -0.3 is 4.57 Å². The molecule has 1 aromatic carbocycles. The van der Waals surface area contributed by atoms with Crippen LogP contribution in [0.4, 0.5) is 5.95 Å². The van der Waals surface area contributed by atoms with Gasteiger partial charge >= 0.3 is 5.69 Å². The van der Waals surface area contributed by atoms with Crippen molar-refractivity contribution in [3.05, 3.63) is 55.7 Å². The van der Waals surface area contributed by atoms with E-state index in [2.05, 4.69) is 20.5 Å². The number of rotatable bonds is 5. The number of benzene rings is 1. The Morgan fingerprint density at radius 2 is 2.00 bits per heavy atom. The van der Waals surface area contributed by atoms with E-state index in [1.807, 2.05) is 26.0 Å². The number of nitrogens with zero attached hydrogens (tertiary/aromatic N) is 4. The van der Waals surface area contributed by atoms with Crippen LogP contribution in [0, 0.1) is 0 Å². The fourth-order valence-electron chi connectivity index (χ4n) is 2.65. The van der Waals surface area contributed by atoms with Gasteiger partial charge in [-0.05, 0) is 31.0 Å². The first-order chi connectivity index (χ1) is 12.4. The number of aromatic amines is 1. The molecule has 0 fully saturated rings. The summed E-state index contributed by atoms with van der Waals surface area (Å²) in [6.07, 6.45) is 0.794. The normalized spacial score (nSPS) is 11.9. The molecule has 2 heterocycles. The Labute approximate surface area is 154 Å². The van der Waals surface area contributed by atoms with E-state index in [0.29, 0.717) is 28.7 Å². The van der Waals surface area contributed by atoms with Gasteiger partial charge in [0.05, 0.1) is 5.71 Å². The predicted molar refractivity (Wildman–Crippen MR) is 103 cm³/mol. The number of fused-ring (bicyclic) bond motifs is 1. The molecular formula is C17H19ClN6O2. The standard InChI is InChI=1S/C17H19ClN6O2/c1-4-9-24-13-14(23(3)17(26)20-15(13)25)19-16(24)22-21-10(2)11-5-7-12(18)8-6-11/h5-8H,4,9H2,1-3H3,(H,19,22)(H,20,25,26)/b21-10+. The molecule has 2 N–H and O–H groups in total. The van der Waals surface area contributed by atoms with E-state index in [1.165, 1.54) is 4.57 Å². The molecule has 0 aliphatic carbocycles. The molecule has 0 radical (unpaired) electrons. The van der Waals surface area contributed by atoms with E-state index in [4.69, 9.17) is 11.6 Å². The molecule has 3 rings (SSSR count). The Kier molecular flexibility index (Phi) is 4.94. The summed E-state index contributed by atoms with van der Waals surface area (Å²) in [6.45, 7) is 4.41. The molecule has 26 heavy (non-hydrogen) atoms. The van der Waals surface area contributed by atoms with E-state index >= 15 is 0 Å². The van der Waals surface area contributed by atoms with Gasteiger partial charge in [-0.15, -0.1) is 0 Å². The van der Waals surface area contributed by atoms with Crippen LogP contribution >= 0.6 is 11.6 Å². The maximum atomic E-state index is 12.2. The van der Waals surface area contributed by atoms with Crippen LogP contribution in [0.5, 0.6) is 0 Å². The lowest BCUT2D eigenvalue weighted by Gasteiger charge is -2.07. The Hall–Kier alpha value is -2.87. The number of H-pyrrole nitrogens is 1. The van der Waals surface area contributed by atoms with Gasteiger partial charge in [-0.2, -0.15) is 10.1 Å². The number of aromatic nitrogens is 4. The van der Waals surface area contributed by atoms with Crippen molar-refractivity contribution in [2.75, 3.05) is 5.43 Å². The molecule has 0 amide bonds. The average molecular weight is 375 g/mol. The molecule has 0 saturated heterocycles. The summed E-state index contributed by atoms with van der Waals surface area (Å²) in [5, 5.41) is 5.01. The summed E-state index contributed by atoms with van der Waals surface area (Å²) in [5.41, 5.74) is 4.25. The first-order valence-corrected chi connectivity index (χ1v) is 8.56. The van der Waals surface area contributed by atoms with Crippen LogP contribution < -0.4 is 16.7 Å². The number of imidazole rings is 1. The maximum Gasteiger partial charge on any atom is 0.329 e. The highest BCUT2D eigenvalue weighted by Gasteiger charge is 2.16. The van der Waals surface area contributed by atoms with Crippen LogP contribution in [-0.2, 0) is 13.6 Å². The summed E-state index contributed by atoms with van der Waals surface area (Å²) < 4.78 is 3.04. The van der Waals surface area contributed by atoms with Crippen LogP contribution in [0.1, 0.15) is 25.8 Å². The number of hydrazone groups is 1. The third-order valence-electron chi connectivity index (χ3n) is 4.04. The largest absolute Gasteiger partial charge is 0.329 e. The van der Waals surface area contributed by atoms with Crippen molar-refractivity contribution in [3.8, 4) is 0 Å². The second-order valence-electron chi connectivity index (χ2n) is 5.89. The molecule has 0 aliphatic heterocycles. The molecule has 3 aromatic rings. The molecule has 0 saturated carbocycles. The van der Waals surface area contributed by atoms with Crippen LogP contribution in [0.25, 0.3) is 11.2 Å². The van der Waals surface area contributed by atoms with Gasteiger partial charge in [-0.3, -0.25) is 14.3 Å². The second-order valence-corrected chi connectivity index (χ2v) is 6.33. The molecule has 2 aromatic heterocycles. The monoisotopic (exact) mass is 374 g/mol. The van der Waals surface area contributed by atoms with Gasteiger partial charge in [0.25, 0.3) is 5.56 Å². The Morgan fingerprint density at radius 1 is 1.31 bits per heavy atom. The molecule has 0 unspecified atom stereocenters. The van der Waals surface area contributed by atoms with Gasteiger partial charge in [-0.1, -0.05) is 30.7 Å². The number of anilines is 1. The number of hydrogen-bond donors (Lipinski definition) is 2. The fourth-order valence-corrected chi connectivity index (χ4v) is 2.78. The average Bonchev–Trinajstić information content (AvgIpc) is 2.98. The molecule has 0 aliphatic rings. The zero-order chi connectivity index (χ0) is 18.8. The van der Waals surface area contributed by atoms with E-state index in [9.17, 15) is 9.59 Å². The minimum Gasteiger partial charge on any atom is -0.303 e. The van der Waals surface area contributed by atoms with E-state index in [-0.39, 0.29) is 0 Å². The fraction of sp³-hybridized carbons (Fsp3) is 0.294. The summed E-state index contributed by atoms with van der Waals surface area (Å²) in [5.74, 6) is 0.405. The van der Waals surface area contributed by atoms with E-state index < -0.39 is 11.2 Å². The lowest BCUT2D eigenvalue weighted by Crippen LogP contribution is -2.29. The molecular weight excluding hydrogens is 356 g/mol. The van der Waals surface area contributed by atoms with Gasteiger partial charge in [0, 0.05) is 18.6 Å². The molecule has 0 bridgehead atoms. The maximum absolute atomic E-state index is 12.2. The molecule has 8 nitrogen and oxygen atoms in total. The number of hydrogen-bond acceptors (Lipinski definition) is 5. The number of nitrogens with one attached hydrogen (secondary N) is 2. The second kappa shape index (κ2) is 7.17. The van der Waals surface area contributed by atoms with E-state index in [1.54, 1.807) is 23.7 Å². The molecule has 0 atom stereocenters. The summed E-state index contributed by atoms with van der Waals surface area (Å²) in [7, 11) is 1.57. The highest BCUT2D eigenvalue weighted by atomic mass is 35.5. The first kappa shape index (κ1) is 17.9. The Morgan fingerprint density at radius 3 is 2.65 bits per heavy atom. The zero-order valence-corrected chi connectivity index (χ0v) is 15.5. The van der Waals surface area contributed by atoms with Crippen molar-refractivity contribution in [3.63, 3.8) is 0 Å². The third-order valence-corrected chi connectivity index (χ3v) is 4.29. The highest BCUT2D eigenvalue weighted by Crippen LogP contribution is 2.16. The van der Waals surface area contributed by atoms with Crippen molar-refractivity contribution in [2.24, 2.45) is 12.1 Å². The number of halogens is 1. The van der Waals surface area contributed by atoms with Gasteiger partial charge in [-0.25, -0.2) is 10.2 Å². The van der Waals surface area contributed by atoms with Gasteiger partial charge in [0.15, 0.2) is 11.2 Å². The van der Waals surface area contributed by atoms with Crippen molar-refractivity contribution in [2.45, 2.75) is 26.8 Å². The quantitative estimate of drug-likeness (QED) is 0.529. The molecule has 136 valence electrons. The number of aryl methyl sites for hydroxylation is 2. The summed E-state index contributed by atoms with van der Waals surface area (Å²) in [6, 6.07) is 7.31. The van der Waals surface area contributed by atoms with Gasteiger partial charge in [0.1, 0.15) is 0 Å².